The molecule has 50 heavy (non-hydrogen) atoms. The molecule has 8 rings (SSSR count). The molecule has 0 amide bonds. The Morgan fingerprint density at radius 2 is 1.76 bits per heavy atom. The molecule has 2 aromatic carbocycles. The normalized spacial score (nSPS) is 22.6. The third-order valence-corrected chi connectivity index (χ3v) is 9.75. The van der Waals surface area contributed by atoms with Crippen molar-refractivity contribution in [2.45, 2.75) is 33.2 Å². The third kappa shape index (κ3) is 5.88. The molecular formula is C46H41N3O. The Morgan fingerprint density at radius 1 is 0.860 bits per heavy atom. The van der Waals surface area contributed by atoms with E-state index in [1.54, 1.807) is 0 Å². The number of anilines is 3. The van der Waals surface area contributed by atoms with E-state index in [1.165, 1.54) is 39.3 Å². The highest BCUT2D eigenvalue weighted by Gasteiger charge is 2.32. The zero-order valence-corrected chi connectivity index (χ0v) is 28.8. The van der Waals surface area contributed by atoms with Crippen LogP contribution in [0.2, 0.25) is 0 Å². The first-order chi connectivity index (χ1) is 24.6. The zero-order valence-electron chi connectivity index (χ0n) is 28.8. The zero-order chi connectivity index (χ0) is 34.0. The van der Waals surface area contributed by atoms with Gasteiger partial charge in [0.05, 0.1) is 29.0 Å². The number of hydrogen-bond donors (Lipinski definition) is 0. The number of hydrogen-bond acceptors (Lipinski definition) is 4. The van der Waals surface area contributed by atoms with Gasteiger partial charge in [0.25, 0.3) is 0 Å². The van der Waals surface area contributed by atoms with Crippen LogP contribution in [0.15, 0.2) is 175 Å². The Bertz CT molecular complexity index is 2180. The highest BCUT2D eigenvalue weighted by atomic mass is 16.5. The summed E-state index contributed by atoms with van der Waals surface area (Å²) in [5, 5.41) is 0. The molecule has 5 aliphatic rings. The maximum atomic E-state index is 6.32. The van der Waals surface area contributed by atoms with E-state index in [-0.39, 0.29) is 12.0 Å². The molecular weight excluding hydrogens is 611 g/mol. The molecule has 0 N–H and O–H groups in total. The van der Waals surface area contributed by atoms with Crippen molar-refractivity contribution in [1.29, 1.82) is 0 Å². The van der Waals surface area contributed by atoms with Crippen molar-refractivity contribution in [2.75, 3.05) is 16.3 Å². The monoisotopic (exact) mass is 651 g/mol. The van der Waals surface area contributed by atoms with E-state index >= 15 is 0 Å². The molecule has 4 heterocycles. The van der Waals surface area contributed by atoms with Crippen LogP contribution in [0.1, 0.15) is 43.2 Å². The topological polar surface area (TPSA) is 28.6 Å². The largest absolute Gasteiger partial charge is 0.460 e. The molecule has 0 saturated heterocycles. The van der Waals surface area contributed by atoms with Crippen LogP contribution in [0, 0.1) is 5.92 Å². The average Bonchev–Trinajstić information content (AvgIpc) is 3.34. The second kappa shape index (κ2) is 13.6. The van der Waals surface area contributed by atoms with Crippen molar-refractivity contribution >= 4 is 34.1 Å². The SMILES string of the molecule is C/C=C\C(=C/C)N1c2ccc3c(c2C2=CC1C=CC=C2)N(c1cccc(C2=CC=C4OC(c5ccccc5)=CC4C=C2)n1)C/C=C\C=C(\C)C3. The summed E-state index contributed by atoms with van der Waals surface area (Å²) in [6.07, 6.45) is 36.1. The van der Waals surface area contributed by atoms with Gasteiger partial charge < -0.3 is 14.5 Å². The van der Waals surface area contributed by atoms with E-state index in [4.69, 9.17) is 9.72 Å². The second-order valence-corrected chi connectivity index (χ2v) is 13.1. The van der Waals surface area contributed by atoms with Crippen molar-refractivity contribution in [2.24, 2.45) is 5.92 Å². The first-order valence-electron chi connectivity index (χ1n) is 17.5. The summed E-state index contributed by atoms with van der Waals surface area (Å²) in [5.41, 5.74) is 11.7. The van der Waals surface area contributed by atoms with Gasteiger partial charge in [-0.2, -0.15) is 0 Å². The Kier molecular flexibility index (Phi) is 8.52. The van der Waals surface area contributed by atoms with Gasteiger partial charge in [-0.05, 0) is 86.9 Å². The predicted molar refractivity (Wildman–Crippen MR) is 210 cm³/mol. The van der Waals surface area contributed by atoms with Crippen LogP contribution in [0.3, 0.4) is 0 Å². The molecule has 0 saturated carbocycles. The Morgan fingerprint density at radius 3 is 2.62 bits per heavy atom. The predicted octanol–water partition coefficient (Wildman–Crippen LogP) is 11.0. The molecule has 2 bridgehead atoms. The van der Waals surface area contributed by atoms with Gasteiger partial charge in [-0.1, -0.05) is 115 Å². The van der Waals surface area contributed by atoms with E-state index in [9.17, 15) is 0 Å². The number of pyridine rings is 1. The van der Waals surface area contributed by atoms with Crippen LogP contribution < -0.4 is 9.80 Å². The fourth-order valence-electron chi connectivity index (χ4n) is 7.40. The van der Waals surface area contributed by atoms with Gasteiger partial charge in [-0.3, -0.25) is 0 Å². The standard InChI is InChI=1S/C46H41N3O/c1-4-14-38(5-2)49-39-19-10-9-18-36(30-39)45-41(49)26-24-37-29-32(3)15-11-12-28-48(46(37)45)44-21-13-20-40(47-44)33-22-23-35-31-43(50-42(35)27-25-33)34-16-7-6-8-17-34/h4-27,30-31,35,39H,28-29H2,1-3H3/b12-11-,14-4-,32-15-,38-5+. The fraction of sp³-hybridized carbons (Fsp3) is 0.152. The van der Waals surface area contributed by atoms with Gasteiger partial charge in [-0.15, -0.1) is 0 Å². The molecule has 3 aliphatic heterocycles. The molecule has 0 spiro atoms. The lowest BCUT2D eigenvalue weighted by Gasteiger charge is -2.39. The maximum absolute atomic E-state index is 6.32. The number of allylic oxidation sites excluding steroid dienone is 15. The molecule has 2 atom stereocenters. The number of benzene rings is 2. The van der Waals surface area contributed by atoms with Crippen molar-refractivity contribution in [3.63, 3.8) is 0 Å². The average molecular weight is 652 g/mol. The molecule has 4 nitrogen and oxygen atoms in total. The van der Waals surface area contributed by atoms with Gasteiger partial charge in [0.15, 0.2) is 0 Å². The highest BCUT2D eigenvalue weighted by molar-refractivity contribution is 5.97. The lowest BCUT2D eigenvalue weighted by atomic mass is 9.89. The molecule has 0 radical (unpaired) electrons. The quantitative estimate of drug-likeness (QED) is 0.257. The Labute approximate surface area is 295 Å². The van der Waals surface area contributed by atoms with Crippen LogP contribution >= 0.6 is 0 Å². The molecule has 2 unspecified atom stereocenters. The Balaban J connectivity index is 1.22. The lowest BCUT2D eigenvalue weighted by molar-refractivity contribution is 0.381. The molecule has 0 fully saturated rings. The van der Waals surface area contributed by atoms with Crippen molar-refractivity contribution in [1.82, 2.24) is 4.98 Å². The molecule has 3 aromatic rings. The minimum atomic E-state index is 0.0892. The van der Waals surface area contributed by atoms with E-state index in [2.05, 4.69) is 170 Å². The highest BCUT2D eigenvalue weighted by Crippen LogP contribution is 2.48. The van der Waals surface area contributed by atoms with Gasteiger partial charge in [0.2, 0.25) is 0 Å². The summed E-state index contributed by atoms with van der Waals surface area (Å²) >= 11 is 0. The van der Waals surface area contributed by atoms with Gasteiger partial charge in [-0.25, -0.2) is 4.98 Å². The van der Waals surface area contributed by atoms with Gasteiger partial charge in [0, 0.05) is 28.9 Å². The molecule has 4 heteroatoms. The maximum Gasteiger partial charge on any atom is 0.133 e. The van der Waals surface area contributed by atoms with Crippen LogP contribution in [0.5, 0.6) is 0 Å². The Hall–Kier alpha value is -5.87. The van der Waals surface area contributed by atoms with E-state index in [0.29, 0.717) is 6.54 Å². The molecule has 1 aromatic heterocycles. The molecule has 2 aliphatic carbocycles. The summed E-state index contributed by atoms with van der Waals surface area (Å²) in [6, 6.07) is 21.4. The summed E-state index contributed by atoms with van der Waals surface area (Å²) in [5.74, 6) is 2.84. The van der Waals surface area contributed by atoms with Crippen molar-refractivity contribution in [3.05, 3.63) is 197 Å². The smallest absolute Gasteiger partial charge is 0.133 e. The van der Waals surface area contributed by atoms with Crippen LogP contribution in [0.4, 0.5) is 17.2 Å². The van der Waals surface area contributed by atoms with Crippen LogP contribution in [0.25, 0.3) is 16.9 Å². The number of rotatable bonds is 5. The van der Waals surface area contributed by atoms with Gasteiger partial charge >= 0.3 is 0 Å². The first kappa shape index (κ1) is 31.4. The van der Waals surface area contributed by atoms with Crippen molar-refractivity contribution in [3.8, 4) is 0 Å². The molecule has 246 valence electrons. The number of nitrogens with zero attached hydrogens (tertiary/aromatic N) is 3. The van der Waals surface area contributed by atoms with Crippen LogP contribution in [-0.2, 0) is 11.2 Å². The summed E-state index contributed by atoms with van der Waals surface area (Å²) in [7, 11) is 0. The van der Waals surface area contributed by atoms with Crippen LogP contribution in [-0.4, -0.2) is 17.6 Å². The number of ether oxygens (including phenoxy) is 1. The van der Waals surface area contributed by atoms with Crippen molar-refractivity contribution < 1.29 is 4.74 Å². The van der Waals surface area contributed by atoms with E-state index in [1.807, 2.05) is 18.2 Å². The number of aromatic nitrogens is 1. The second-order valence-electron chi connectivity index (χ2n) is 13.1. The minimum absolute atomic E-state index is 0.0892. The van der Waals surface area contributed by atoms with E-state index < -0.39 is 0 Å². The van der Waals surface area contributed by atoms with Gasteiger partial charge in [0.1, 0.15) is 17.3 Å². The van der Waals surface area contributed by atoms with E-state index in [0.717, 1.165) is 40.6 Å². The third-order valence-electron chi connectivity index (χ3n) is 9.75. The lowest BCUT2D eigenvalue weighted by Crippen LogP contribution is -2.35. The summed E-state index contributed by atoms with van der Waals surface area (Å²) < 4.78 is 6.32. The summed E-state index contributed by atoms with van der Waals surface area (Å²) in [6.45, 7) is 7.12. The summed E-state index contributed by atoms with van der Waals surface area (Å²) in [4.78, 5) is 10.2. The fourth-order valence-corrected chi connectivity index (χ4v) is 7.40. The number of fused-ring (bicyclic) bond motifs is 6. The minimum Gasteiger partial charge on any atom is -0.460 e. The first-order valence-corrected chi connectivity index (χ1v) is 17.5.